The van der Waals surface area contributed by atoms with Crippen molar-refractivity contribution in [2.45, 2.75) is 24.5 Å². The molecule has 0 radical (unpaired) electrons. The summed E-state index contributed by atoms with van der Waals surface area (Å²) >= 11 is 11.9. The van der Waals surface area contributed by atoms with Crippen LogP contribution in [0.15, 0.2) is 53.4 Å². The van der Waals surface area contributed by atoms with Crippen LogP contribution in [-0.4, -0.2) is 26.8 Å². The van der Waals surface area contributed by atoms with Gasteiger partial charge in [-0.25, -0.2) is 31.5 Å². The highest BCUT2D eigenvalue weighted by molar-refractivity contribution is 7.92. The summed E-state index contributed by atoms with van der Waals surface area (Å²) in [6, 6.07) is 11.5. The van der Waals surface area contributed by atoms with Gasteiger partial charge in [0.05, 0.1) is 10.6 Å². The van der Waals surface area contributed by atoms with Crippen LogP contribution in [0.25, 0.3) is 0 Å². The Kier molecular flexibility index (Phi) is 6.75. The van der Waals surface area contributed by atoms with Gasteiger partial charge in [-0.2, -0.15) is 0 Å². The summed E-state index contributed by atoms with van der Waals surface area (Å²) in [5.74, 6) is -0.406. The van der Waals surface area contributed by atoms with Gasteiger partial charge in [-0.15, -0.1) is 0 Å². The second-order valence-electron chi connectivity index (χ2n) is 6.70. The minimum Gasteiger partial charge on any atom is -0.283 e. The zero-order chi connectivity index (χ0) is 22.8. The number of rotatable bonds is 7. The van der Waals surface area contributed by atoms with Gasteiger partial charge >= 0.3 is 0 Å². The monoisotopic (exact) mass is 500 g/mol. The van der Waals surface area contributed by atoms with Crippen LogP contribution in [-0.2, 0) is 25.8 Å². The number of benzene rings is 2. The van der Waals surface area contributed by atoms with E-state index in [0.29, 0.717) is 22.0 Å². The first-order chi connectivity index (χ1) is 14.4. The normalized spacial score (nSPS) is 11.9. The number of aryl methyl sites for hydroxylation is 2. The van der Waals surface area contributed by atoms with Crippen LogP contribution in [0.2, 0.25) is 10.0 Å². The number of sulfonamides is 2. The van der Waals surface area contributed by atoms with Gasteiger partial charge in [0, 0.05) is 27.1 Å². The largest absolute Gasteiger partial charge is 0.283 e. The van der Waals surface area contributed by atoms with E-state index in [1.807, 2.05) is 0 Å². The molecule has 8 nitrogen and oxygen atoms in total. The maximum Gasteiger partial charge on any atom is 0.264 e. The summed E-state index contributed by atoms with van der Waals surface area (Å²) in [4.78, 5) is 8.03. The molecule has 0 amide bonds. The van der Waals surface area contributed by atoms with E-state index in [2.05, 4.69) is 19.4 Å². The van der Waals surface area contributed by atoms with E-state index >= 15 is 0 Å². The lowest BCUT2D eigenvalue weighted by Gasteiger charge is -2.11. The Morgan fingerprint density at radius 1 is 0.839 bits per heavy atom. The molecule has 2 N–H and O–H groups in total. The molecule has 0 aliphatic heterocycles. The molecule has 3 rings (SSSR count). The molecule has 0 saturated heterocycles. The van der Waals surface area contributed by atoms with Gasteiger partial charge in [0.15, 0.2) is 0 Å². The molecule has 0 fully saturated rings. The molecule has 1 aromatic heterocycles. The number of halogens is 2. The van der Waals surface area contributed by atoms with Gasteiger partial charge in [0.1, 0.15) is 0 Å². The van der Waals surface area contributed by atoms with Crippen LogP contribution in [0.1, 0.15) is 17.0 Å². The van der Waals surface area contributed by atoms with Crippen molar-refractivity contribution in [2.24, 2.45) is 0 Å². The van der Waals surface area contributed by atoms with Gasteiger partial charge < -0.3 is 0 Å². The molecule has 0 aliphatic rings. The standard InChI is InChI=1S/C19H18Cl2N4O4S2/c1-12-9-13(2)23-19(22-12)25-31(28,29)17-7-5-16(6-8-17)24-30(26,27)11-14-3-4-15(20)10-18(14)21/h3-10,24H,11H2,1-2H3,(H,22,23,25). The SMILES string of the molecule is Cc1cc(C)nc(NS(=O)(=O)c2ccc(NS(=O)(=O)Cc3ccc(Cl)cc3Cl)cc2)n1. The lowest BCUT2D eigenvalue weighted by Crippen LogP contribution is -2.17. The lowest BCUT2D eigenvalue weighted by atomic mass is 10.2. The van der Waals surface area contributed by atoms with Crippen LogP contribution in [0, 0.1) is 13.8 Å². The third-order valence-corrected chi connectivity index (χ3v) is 7.18. The van der Waals surface area contributed by atoms with Crippen molar-refractivity contribution in [3.63, 3.8) is 0 Å². The average molecular weight is 501 g/mol. The second kappa shape index (κ2) is 8.99. The molecule has 0 saturated carbocycles. The quantitative estimate of drug-likeness (QED) is 0.503. The van der Waals surface area contributed by atoms with E-state index in [4.69, 9.17) is 23.2 Å². The maximum absolute atomic E-state index is 12.6. The van der Waals surface area contributed by atoms with Crippen LogP contribution < -0.4 is 9.44 Å². The number of anilines is 2. The van der Waals surface area contributed by atoms with Crippen molar-refractivity contribution in [2.75, 3.05) is 9.44 Å². The van der Waals surface area contributed by atoms with Gasteiger partial charge in [-0.3, -0.25) is 4.72 Å². The average Bonchev–Trinajstić information content (AvgIpc) is 2.63. The van der Waals surface area contributed by atoms with E-state index in [9.17, 15) is 16.8 Å². The predicted molar refractivity (Wildman–Crippen MR) is 121 cm³/mol. The molecular weight excluding hydrogens is 483 g/mol. The molecule has 0 bridgehead atoms. The Labute approximate surface area is 190 Å². The first-order valence-electron chi connectivity index (χ1n) is 8.83. The number of hydrogen-bond donors (Lipinski definition) is 2. The highest BCUT2D eigenvalue weighted by Gasteiger charge is 2.18. The van der Waals surface area contributed by atoms with E-state index < -0.39 is 20.0 Å². The van der Waals surface area contributed by atoms with Crippen molar-refractivity contribution in [3.05, 3.63) is 75.5 Å². The molecule has 0 unspecified atom stereocenters. The summed E-state index contributed by atoms with van der Waals surface area (Å²) in [5, 5.41) is 0.634. The number of nitrogens with one attached hydrogen (secondary N) is 2. The van der Waals surface area contributed by atoms with Crippen LogP contribution in [0.4, 0.5) is 11.6 Å². The van der Waals surface area contributed by atoms with Gasteiger partial charge in [-0.1, -0.05) is 29.3 Å². The Bertz CT molecular complexity index is 1310. The molecular formula is C19H18Cl2N4O4S2. The molecule has 0 atom stereocenters. The minimum absolute atomic E-state index is 0.0397. The third kappa shape index (κ3) is 6.30. The topological polar surface area (TPSA) is 118 Å². The highest BCUT2D eigenvalue weighted by atomic mass is 35.5. The summed E-state index contributed by atoms with van der Waals surface area (Å²) in [7, 11) is -7.74. The Morgan fingerprint density at radius 2 is 1.45 bits per heavy atom. The third-order valence-electron chi connectivity index (χ3n) is 4.01. The summed E-state index contributed by atoms with van der Waals surface area (Å²) in [5.41, 5.74) is 1.83. The van der Waals surface area contributed by atoms with Crippen LogP contribution in [0.3, 0.4) is 0 Å². The number of aromatic nitrogens is 2. The van der Waals surface area contributed by atoms with Crippen LogP contribution >= 0.6 is 23.2 Å². The fraction of sp³-hybridized carbons (Fsp3) is 0.158. The van der Waals surface area contributed by atoms with Crippen LogP contribution in [0.5, 0.6) is 0 Å². The zero-order valence-corrected chi connectivity index (χ0v) is 19.6. The Hall–Kier alpha value is -2.40. The Morgan fingerprint density at radius 3 is 2.03 bits per heavy atom. The van der Waals surface area contributed by atoms with E-state index in [-0.39, 0.29) is 27.3 Å². The summed E-state index contributed by atoms with van der Waals surface area (Å²) in [6.07, 6.45) is 0. The molecule has 1 heterocycles. The number of hydrogen-bond acceptors (Lipinski definition) is 6. The van der Waals surface area contributed by atoms with Gasteiger partial charge in [0.2, 0.25) is 16.0 Å². The smallest absolute Gasteiger partial charge is 0.264 e. The van der Waals surface area contributed by atoms with Crippen molar-refractivity contribution in [3.8, 4) is 0 Å². The molecule has 3 aromatic rings. The van der Waals surface area contributed by atoms with Crippen molar-refractivity contribution < 1.29 is 16.8 Å². The summed E-state index contributed by atoms with van der Waals surface area (Å²) in [6.45, 7) is 3.45. The second-order valence-corrected chi connectivity index (χ2v) is 10.9. The fourth-order valence-electron chi connectivity index (χ4n) is 2.71. The fourth-order valence-corrected chi connectivity index (χ4v) is 5.44. The first-order valence-corrected chi connectivity index (χ1v) is 12.7. The first kappa shape index (κ1) is 23.3. The zero-order valence-electron chi connectivity index (χ0n) is 16.4. The maximum atomic E-state index is 12.6. The van der Waals surface area contributed by atoms with Gasteiger partial charge in [0.25, 0.3) is 10.0 Å². The highest BCUT2D eigenvalue weighted by Crippen LogP contribution is 2.24. The lowest BCUT2D eigenvalue weighted by molar-refractivity contribution is 0.599. The predicted octanol–water partition coefficient (Wildman–Crippen LogP) is 4.14. The number of nitrogens with zero attached hydrogens (tertiary/aromatic N) is 2. The summed E-state index contributed by atoms with van der Waals surface area (Å²) < 4.78 is 54.7. The molecule has 0 spiro atoms. The van der Waals surface area contributed by atoms with E-state index in [0.717, 1.165) is 0 Å². The van der Waals surface area contributed by atoms with E-state index in [1.165, 1.54) is 36.4 Å². The van der Waals surface area contributed by atoms with Gasteiger partial charge in [-0.05, 0) is 61.9 Å². The molecule has 31 heavy (non-hydrogen) atoms. The molecule has 0 aliphatic carbocycles. The molecule has 12 heteroatoms. The minimum atomic E-state index is -3.95. The van der Waals surface area contributed by atoms with Crippen molar-refractivity contribution >= 4 is 54.9 Å². The van der Waals surface area contributed by atoms with Crippen molar-refractivity contribution in [1.82, 2.24) is 9.97 Å². The molecule has 164 valence electrons. The molecule has 2 aromatic carbocycles. The van der Waals surface area contributed by atoms with Crippen molar-refractivity contribution in [1.29, 1.82) is 0 Å². The Balaban J connectivity index is 1.74. The van der Waals surface area contributed by atoms with E-state index in [1.54, 1.807) is 26.0 Å².